The Hall–Kier alpha value is -1.45. The van der Waals surface area contributed by atoms with E-state index in [4.69, 9.17) is 4.74 Å². The van der Waals surface area contributed by atoms with Gasteiger partial charge < -0.3 is 25.3 Å². The molecule has 8 nitrogen and oxygen atoms in total. The molecular formula is C20H28N3NaO5. The van der Waals surface area contributed by atoms with Crippen molar-refractivity contribution in [1.82, 2.24) is 16.0 Å². The van der Waals surface area contributed by atoms with E-state index in [1.807, 2.05) is 30.3 Å². The zero-order valence-corrected chi connectivity index (χ0v) is 19.1. The predicted octanol–water partition coefficient (Wildman–Crippen LogP) is -3.87. The Bertz CT molecular complexity index is 659. The number of ether oxygens (including phenoxy) is 1. The number of rotatable bonds is 13. The van der Waals surface area contributed by atoms with E-state index in [2.05, 4.69) is 22.9 Å². The number of carbonyl (C=O) groups is 3. The summed E-state index contributed by atoms with van der Waals surface area (Å²) in [6.45, 7) is 3.81. The molecule has 3 atom stereocenters. The van der Waals surface area contributed by atoms with Gasteiger partial charge in [0.1, 0.15) is 12.1 Å². The van der Waals surface area contributed by atoms with E-state index < -0.39 is 30.0 Å². The van der Waals surface area contributed by atoms with Crippen molar-refractivity contribution < 1.29 is 53.8 Å². The maximum absolute atomic E-state index is 12.6. The Balaban J connectivity index is 0.00000420. The van der Waals surface area contributed by atoms with Gasteiger partial charge in [0, 0.05) is 26.2 Å². The molecule has 9 heteroatoms. The summed E-state index contributed by atoms with van der Waals surface area (Å²) in [4.78, 5) is 35.6. The quantitative estimate of drug-likeness (QED) is 0.172. The van der Waals surface area contributed by atoms with E-state index in [9.17, 15) is 19.5 Å². The summed E-state index contributed by atoms with van der Waals surface area (Å²) in [6.07, 6.45) is 3.08. The first-order valence-corrected chi connectivity index (χ1v) is 9.69. The van der Waals surface area contributed by atoms with Crippen LogP contribution >= 0.6 is 0 Å². The topological polar surface area (TPSA) is 130 Å². The molecule has 1 aromatic rings. The summed E-state index contributed by atoms with van der Waals surface area (Å²) in [5.74, 6) is -2.16. The van der Waals surface area contributed by atoms with Gasteiger partial charge in [-0.3, -0.25) is 14.9 Å². The minimum Gasteiger partial charge on any atom is -0.548 e. The Morgan fingerprint density at radius 3 is 2.45 bits per heavy atom. The standard InChI is InChI=1S/C20H29N3O5.Na/c1-2-3-11-28-12-7-10-21-18(24)15(13-14-8-5-4-6-9-14)22-19(25)16-17(23-16)20(26)27;/h4-6,8-9,15-17,23H,2-3,7,10-13H2,1H3,(H,21,24)(H,22,25)(H,26,27);/q;+1/p-1/t15-,16-,17-;/m0./s1. The van der Waals surface area contributed by atoms with E-state index in [1.165, 1.54) is 0 Å². The number of unbranched alkanes of at least 4 members (excludes halogenated alkanes) is 1. The first kappa shape index (κ1) is 25.6. The summed E-state index contributed by atoms with van der Waals surface area (Å²) < 4.78 is 5.46. The van der Waals surface area contributed by atoms with E-state index in [-0.39, 0.29) is 35.5 Å². The minimum atomic E-state index is -1.33. The zero-order valence-electron chi connectivity index (χ0n) is 17.1. The number of benzene rings is 1. The van der Waals surface area contributed by atoms with Gasteiger partial charge in [-0.1, -0.05) is 43.7 Å². The second-order valence-electron chi connectivity index (χ2n) is 6.80. The second kappa shape index (κ2) is 13.7. The van der Waals surface area contributed by atoms with Gasteiger partial charge >= 0.3 is 29.6 Å². The van der Waals surface area contributed by atoms with Gasteiger partial charge in [-0.2, -0.15) is 0 Å². The van der Waals surface area contributed by atoms with Crippen molar-refractivity contribution in [2.75, 3.05) is 19.8 Å². The van der Waals surface area contributed by atoms with Crippen molar-refractivity contribution in [1.29, 1.82) is 0 Å². The van der Waals surface area contributed by atoms with Crippen LogP contribution in [0.25, 0.3) is 0 Å². The van der Waals surface area contributed by atoms with Crippen LogP contribution in [0.3, 0.4) is 0 Å². The van der Waals surface area contributed by atoms with E-state index in [1.54, 1.807) is 0 Å². The van der Waals surface area contributed by atoms with Crippen LogP contribution in [0.15, 0.2) is 30.3 Å². The monoisotopic (exact) mass is 413 g/mol. The summed E-state index contributed by atoms with van der Waals surface area (Å²) >= 11 is 0. The largest absolute Gasteiger partial charge is 1.00 e. The van der Waals surface area contributed by atoms with Crippen molar-refractivity contribution in [2.24, 2.45) is 0 Å². The molecule has 1 saturated heterocycles. The van der Waals surface area contributed by atoms with Crippen LogP contribution in [0, 0.1) is 0 Å². The Kier molecular flexibility index (Phi) is 12.1. The van der Waals surface area contributed by atoms with Crippen LogP contribution in [0.1, 0.15) is 31.7 Å². The van der Waals surface area contributed by atoms with Crippen molar-refractivity contribution in [3.63, 3.8) is 0 Å². The van der Waals surface area contributed by atoms with Crippen molar-refractivity contribution in [3.8, 4) is 0 Å². The third kappa shape index (κ3) is 9.27. The van der Waals surface area contributed by atoms with Gasteiger partial charge in [0.2, 0.25) is 11.8 Å². The SMILES string of the molecule is CCCCOCCCNC(=O)[C@H](Cc1ccccc1)NC(=O)[C@H]1N[C@@H]1C(=O)[O-].[Na+]. The maximum atomic E-state index is 12.6. The predicted molar refractivity (Wildman–Crippen MR) is 101 cm³/mol. The molecule has 1 heterocycles. The van der Waals surface area contributed by atoms with E-state index in [0.29, 0.717) is 32.6 Å². The summed E-state index contributed by atoms with van der Waals surface area (Å²) in [5.41, 5.74) is 0.894. The minimum absolute atomic E-state index is 0. The smallest absolute Gasteiger partial charge is 0.548 e. The molecule has 154 valence electrons. The van der Waals surface area contributed by atoms with E-state index in [0.717, 1.165) is 18.4 Å². The average molecular weight is 413 g/mol. The van der Waals surface area contributed by atoms with Gasteiger partial charge in [-0.25, -0.2) is 0 Å². The van der Waals surface area contributed by atoms with Crippen molar-refractivity contribution >= 4 is 17.8 Å². The fourth-order valence-corrected chi connectivity index (χ4v) is 2.75. The number of carbonyl (C=O) groups excluding carboxylic acids is 3. The fraction of sp³-hybridized carbons (Fsp3) is 0.550. The summed E-state index contributed by atoms with van der Waals surface area (Å²) in [7, 11) is 0. The number of nitrogens with one attached hydrogen (secondary N) is 3. The number of hydrogen-bond acceptors (Lipinski definition) is 6. The van der Waals surface area contributed by atoms with Gasteiger partial charge in [-0.15, -0.1) is 0 Å². The molecule has 0 saturated carbocycles. The zero-order chi connectivity index (χ0) is 20.4. The summed E-state index contributed by atoms with van der Waals surface area (Å²) in [6, 6.07) is 6.67. The third-order valence-corrected chi connectivity index (χ3v) is 4.44. The molecule has 0 radical (unpaired) electrons. The molecule has 2 rings (SSSR count). The van der Waals surface area contributed by atoms with Crippen LogP contribution < -0.4 is 50.6 Å². The molecule has 0 aromatic heterocycles. The van der Waals surface area contributed by atoms with Gasteiger partial charge in [0.15, 0.2) is 0 Å². The van der Waals surface area contributed by atoms with Gasteiger partial charge in [0.25, 0.3) is 0 Å². The third-order valence-electron chi connectivity index (χ3n) is 4.44. The fourth-order valence-electron chi connectivity index (χ4n) is 2.75. The molecule has 0 unspecified atom stereocenters. The van der Waals surface area contributed by atoms with Crippen LogP contribution in [0.2, 0.25) is 0 Å². The Morgan fingerprint density at radius 1 is 1.14 bits per heavy atom. The number of carboxylic acid groups (broad SMARTS) is 1. The molecule has 0 aliphatic carbocycles. The molecular weight excluding hydrogens is 385 g/mol. The first-order chi connectivity index (χ1) is 13.5. The number of carboxylic acids is 1. The van der Waals surface area contributed by atoms with Crippen LogP contribution in [-0.4, -0.2) is 55.7 Å². The number of aliphatic carboxylic acids is 1. The molecule has 1 aliphatic rings. The Labute approximate surface area is 193 Å². The van der Waals surface area contributed by atoms with Crippen molar-refractivity contribution in [3.05, 3.63) is 35.9 Å². The molecule has 1 aliphatic heterocycles. The average Bonchev–Trinajstić information content (AvgIpc) is 3.49. The first-order valence-electron chi connectivity index (χ1n) is 9.69. The molecule has 1 aromatic carbocycles. The molecule has 3 N–H and O–H groups in total. The molecule has 29 heavy (non-hydrogen) atoms. The molecule has 0 spiro atoms. The maximum Gasteiger partial charge on any atom is 1.00 e. The van der Waals surface area contributed by atoms with Crippen LogP contribution in [0.5, 0.6) is 0 Å². The van der Waals surface area contributed by atoms with Crippen LogP contribution in [0.4, 0.5) is 0 Å². The Morgan fingerprint density at radius 2 is 1.83 bits per heavy atom. The van der Waals surface area contributed by atoms with Crippen LogP contribution in [-0.2, 0) is 25.5 Å². The normalized spacial score (nSPS) is 18.2. The van der Waals surface area contributed by atoms with E-state index >= 15 is 0 Å². The van der Waals surface area contributed by atoms with Gasteiger partial charge in [-0.05, 0) is 18.4 Å². The number of hydrogen-bond donors (Lipinski definition) is 3. The molecule has 0 bridgehead atoms. The summed E-state index contributed by atoms with van der Waals surface area (Å²) in [5, 5.41) is 18.8. The second-order valence-corrected chi connectivity index (χ2v) is 6.80. The van der Waals surface area contributed by atoms with Gasteiger partial charge in [0.05, 0.1) is 12.0 Å². The number of amides is 2. The molecule has 2 amide bonds. The van der Waals surface area contributed by atoms with Crippen molar-refractivity contribution in [2.45, 2.75) is 50.7 Å². The molecule has 1 fully saturated rings.